The third kappa shape index (κ3) is 2.51. The Bertz CT molecular complexity index is 556. The second kappa shape index (κ2) is 4.91. The molecule has 94 valence electrons. The molecule has 0 radical (unpaired) electrons. The van der Waals surface area contributed by atoms with Crippen molar-refractivity contribution in [3.05, 3.63) is 48.0 Å². The lowest BCUT2D eigenvalue weighted by Crippen LogP contribution is -1.96. The van der Waals surface area contributed by atoms with Crippen LogP contribution in [0.2, 0.25) is 0 Å². The summed E-state index contributed by atoms with van der Waals surface area (Å²) in [6, 6.07) is 7.70. The van der Waals surface area contributed by atoms with Crippen LogP contribution in [0.5, 0.6) is 17.2 Å². The molecule has 2 N–H and O–H groups in total. The van der Waals surface area contributed by atoms with Crippen molar-refractivity contribution in [2.24, 2.45) is 0 Å². The van der Waals surface area contributed by atoms with Crippen molar-refractivity contribution in [3.63, 3.8) is 0 Å². The Balaban J connectivity index is 2.31. The van der Waals surface area contributed by atoms with Crippen LogP contribution in [0, 0.1) is 11.6 Å². The molecule has 0 aliphatic rings. The number of ether oxygens (including phenoxy) is 2. The molecule has 0 aliphatic carbocycles. The van der Waals surface area contributed by atoms with Gasteiger partial charge in [-0.15, -0.1) is 0 Å². The van der Waals surface area contributed by atoms with Gasteiger partial charge in [0, 0.05) is 12.1 Å². The van der Waals surface area contributed by atoms with E-state index in [1.54, 1.807) is 0 Å². The first-order valence-electron chi connectivity index (χ1n) is 5.16. The highest BCUT2D eigenvalue weighted by Gasteiger charge is 2.10. The first kappa shape index (κ1) is 12.2. The lowest BCUT2D eigenvalue weighted by Gasteiger charge is -2.10. The number of anilines is 1. The quantitative estimate of drug-likeness (QED) is 0.851. The fourth-order valence-electron chi connectivity index (χ4n) is 1.43. The summed E-state index contributed by atoms with van der Waals surface area (Å²) in [5.41, 5.74) is 5.73. The molecule has 0 unspecified atom stereocenters. The van der Waals surface area contributed by atoms with Crippen LogP contribution in [0.15, 0.2) is 36.4 Å². The zero-order valence-electron chi connectivity index (χ0n) is 9.61. The predicted molar refractivity (Wildman–Crippen MR) is 63.8 cm³/mol. The Labute approximate surface area is 103 Å². The number of methoxy groups -OCH3 is 1. The van der Waals surface area contributed by atoms with Gasteiger partial charge >= 0.3 is 0 Å². The third-order valence-electron chi connectivity index (χ3n) is 2.33. The number of halogens is 2. The van der Waals surface area contributed by atoms with E-state index in [1.165, 1.54) is 37.4 Å². The van der Waals surface area contributed by atoms with Crippen LogP contribution in [-0.4, -0.2) is 7.11 Å². The molecule has 0 heterocycles. The second-order valence-corrected chi connectivity index (χ2v) is 3.58. The standard InChI is InChI=1S/C13H11F2NO2/c1-17-13-7-12(10(15)6-11(13)16)18-9-4-2-8(14)3-5-9/h2-7H,16H2,1H3. The highest BCUT2D eigenvalue weighted by atomic mass is 19.1. The number of benzene rings is 2. The van der Waals surface area contributed by atoms with E-state index >= 15 is 0 Å². The molecule has 0 saturated heterocycles. The molecule has 0 atom stereocenters. The smallest absolute Gasteiger partial charge is 0.168 e. The van der Waals surface area contributed by atoms with Crippen LogP contribution >= 0.6 is 0 Å². The van der Waals surface area contributed by atoms with Gasteiger partial charge in [0.15, 0.2) is 11.6 Å². The molecule has 0 fully saturated rings. The first-order valence-corrected chi connectivity index (χ1v) is 5.16. The number of hydrogen-bond donors (Lipinski definition) is 1. The van der Waals surface area contributed by atoms with Crippen LogP contribution in [0.4, 0.5) is 14.5 Å². The average molecular weight is 251 g/mol. The second-order valence-electron chi connectivity index (χ2n) is 3.58. The summed E-state index contributed by atoms with van der Waals surface area (Å²) in [5.74, 6) is -0.404. The van der Waals surface area contributed by atoms with E-state index in [9.17, 15) is 8.78 Å². The molecule has 5 heteroatoms. The van der Waals surface area contributed by atoms with Crippen molar-refractivity contribution in [3.8, 4) is 17.2 Å². The Morgan fingerprint density at radius 3 is 2.28 bits per heavy atom. The Morgan fingerprint density at radius 1 is 1.00 bits per heavy atom. The van der Waals surface area contributed by atoms with Gasteiger partial charge in [0.25, 0.3) is 0 Å². The van der Waals surface area contributed by atoms with Gasteiger partial charge in [-0.2, -0.15) is 0 Å². The maximum absolute atomic E-state index is 13.6. The summed E-state index contributed by atoms with van der Waals surface area (Å²) in [7, 11) is 1.42. The summed E-state index contributed by atoms with van der Waals surface area (Å²) in [4.78, 5) is 0. The number of nitrogen functional groups attached to an aromatic ring is 1. The lowest BCUT2D eigenvalue weighted by atomic mass is 10.2. The molecule has 0 bridgehead atoms. The van der Waals surface area contributed by atoms with Crippen LogP contribution in [0.25, 0.3) is 0 Å². The van der Waals surface area contributed by atoms with E-state index in [4.69, 9.17) is 15.2 Å². The number of hydrogen-bond acceptors (Lipinski definition) is 3. The Morgan fingerprint density at radius 2 is 1.67 bits per heavy atom. The zero-order valence-corrected chi connectivity index (χ0v) is 9.61. The molecule has 2 aromatic carbocycles. The van der Waals surface area contributed by atoms with E-state index in [2.05, 4.69) is 0 Å². The first-order chi connectivity index (χ1) is 8.60. The average Bonchev–Trinajstić information content (AvgIpc) is 2.35. The zero-order chi connectivity index (χ0) is 13.1. The van der Waals surface area contributed by atoms with Gasteiger partial charge in [0.1, 0.15) is 17.3 Å². The summed E-state index contributed by atoms with van der Waals surface area (Å²) < 4.78 is 36.6. The minimum Gasteiger partial charge on any atom is -0.494 e. The van der Waals surface area contributed by atoms with Crippen LogP contribution < -0.4 is 15.2 Å². The number of nitrogens with two attached hydrogens (primary N) is 1. The van der Waals surface area contributed by atoms with E-state index < -0.39 is 11.6 Å². The predicted octanol–water partition coefficient (Wildman–Crippen LogP) is 3.35. The monoisotopic (exact) mass is 251 g/mol. The van der Waals surface area contributed by atoms with E-state index in [0.717, 1.165) is 6.07 Å². The van der Waals surface area contributed by atoms with Crippen molar-refractivity contribution in [2.75, 3.05) is 12.8 Å². The molecule has 0 saturated carbocycles. The summed E-state index contributed by atoms with van der Waals surface area (Å²) in [6.45, 7) is 0. The van der Waals surface area contributed by atoms with Gasteiger partial charge in [-0.3, -0.25) is 0 Å². The molecule has 2 aromatic rings. The van der Waals surface area contributed by atoms with Crippen molar-refractivity contribution >= 4 is 5.69 Å². The van der Waals surface area contributed by atoms with E-state index in [1.807, 2.05) is 0 Å². The van der Waals surface area contributed by atoms with Crippen molar-refractivity contribution in [1.82, 2.24) is 0 Å². The van der Waals surface area contributed by atoms with Crippen molar-refractivity contribution < 1.29 is 18.3 Å². The molecular weight excluding hydrogens is 240 g/mol. The van der Waals surface area contributed by atoms with Gasteiger partial charge in [0.05, 0.1) is 12.8 Å². The van der Waals surface area contributed by atoms with Gasteiger partial charge in [-0.25, -0.2) is 8.78 Å². The van der Waals surface area contributed by atoms with Crippen LogP contribution in [0.1, 0.15) is 0 Å². The fraction of sp³-hybridized carbons (Fsp3) is 0.0769. The molecular formula is C13H11F2NO2. The molecule has 18 heavy (non-hydrogen) atoms. The summed E-state index contributed by atoms with van der Waals surface area (Å²) in [6.07, 6.45) is 0. The van der Waals surface area contributed by atoms with Gasteiger partial charge in [-0.1, -0.05) is 0 Å². The van der Waals surface area contributed by atoms with E-state index in [0.29, 0.717) is 11.5 Å². The lowest BCUT2D eigenvalue weighted by molar-refractivity contribution is 0.403. The van der Waals surface area contributed by atoms with Gasteiger partial charge in [-0.05, 0) is 24.3 Å². The van der Waals surface area contributed by atoms with E-state index in [-0.39, 0.29) is 11.4 Å². The molecule has 3 nitrogen and oxygen atoms in total. The maximum Gasteiger partial charge on any atom is 0.168 e. The minimum absolute atomic E-state index is 0.0346. The molecule has 0 aromatic heterocycles. The molecule has 2 rings (SSSR count). The maximum atomic E-state index is 13.6. The van der Waals surface area contributed by atoms with Crippen LogP contribution in [-0.2, 0) is 0 Å². The third-order valence-corrected chi connectivity index (χ3v) is 2.33. The fourth-order valence-corrected chi connectivity index (χ4v) is 1.43. The topological polar surface area (TPSA) is 44.5 Å². The molecule has 0 amide bonds. The Hall–Kier alpha value is -2.30. The van der Waals surface area contributed by atoms with Gasteiger partial charge in [0.2, 0.25) is 0 Å². The Kier molecular flexibility index (Phi) is 3.32. The largest absolute Gasteiger partial charge is 0.494 e. The highest BCUT2D eigenvalue weighted by Crippen LogP contribution is 2.32. The van der Waals surface area contributed by atoms with Crippen molar-refractivity contribution in [1.29, 1.82) is 0 Å². The summed E-state index contributed by atoms with van der Waals surface area (Å²) >= 11 is 0. The van der Waals surface area contributed by atoms with Gasteiger partial charge < -0.3 is 15.2 Å². The molecule has 0 spiro atoms. The van der Waals surface area contributed by atoms with Crippen LogP contribution in [0.3, 0.4) is 0 Å². The SMILES string of the molecule is COc1cc(Oc2ccc(F)cc2)c(F)cc1N. The normalized spacial score (nSPS) is 10.2. The highest BCUT2D eigenvalue weighted by molar-refractivity contribution is 5.56. The summed E-state index contributed by atoms with van der Waals surface area (Å²) in [5, 5.41) is 0. The number of rotatable bonds is 3. The molecule has 0 aliphatic heterocycles. The minimum atomic E-state index is -0.613. The van der Waals surface area contributed by atoms with Crippen molar-refractivity contribution in [2.45, 2.75) is 0 Å².